The lowest BCUT2D eigenvalue weighted by atomic mass is 10.2. The van der Waals surface area contributed by atoms with Crippen LogP contribution in [0.4, 0.5) is 0 Å². The Balaban J connectivity index is 1.95. The van der Waals surface area contributed by atoms with Crippen LogP contribution >= 0.6 is 0 Å². The van der Waals surface area contributed by atoms with Crippen LogP contribution < -0.4 is 5.43 Å². The molecule has 2 aromatic carbocycles. The van der Waals surface area contributed by atoms with Crippen LogP contribution in [-0.4, -0.2) is 19.7 Å². The standard InChI is InChI=1S/C19H12N4O2/c1-11-15-17(24)16-18(21-14-10-6-5-9-13(14)20-16)25-19(15)23(22-11)12-7-3-2-4-8-12/h2-10H,1H3. The quantitative estimate of drug-likeness (QED) is 0.441. The van der Waals surface area contributed by atoms with Gasteiger partial charge in [-0.3, -0.25) is 4.79 Å². The van der Waals surface area contributed by atoms with Gasteiger partial charge in [-0.1, -0.05) is 30.3 Å². The number of aromatic nitrogens is 4. The first kappa shape index (κ1) is 13.9. The summed E-state index contributed by atoms with van der Waals surface area (Å²) in [6.07, 6.45) is 0. The zero-order valence-corrected chi connectivity index (χ0v) is 13.3. The van der Waals surface area contributed by atoms with Crippen molar-refractivity contribution in [2.75, 3.05) is 0 Å². The van der Waals surface area contributed by atoms with E-state index < -0.39 is 0 Å². The second kappa shape index (κ2) is 4.98. The Morgan fingerprint density at radius 3 is 2.36 bits per heavy atom. The molecule has 0 aliphatic carbocycles. The Bertz CT molecular complexity index is 1320. The van der Waals surface area contributed by atoms with Gasteiger partial charge in [0.15, 0.2) is 5.52 Å². The summed E-state index contributed by atoms with van der Waals surface area (Å²) in [4.78, 5) is 21.9. The predicted molar refractivity (Wildman–Crippen MR) is 94.9 cm³/mol. The van der Waals surface area contributed by atoms with Gasteiger partial charge in [0.1, 0.15) is 5.39 Å². The Morgan fingerprint density at radius 1 is 0.920 bits per heavy atom. The topological polar surface area (TPSA) is 73.8 Å². The Hall–Kier alpha value is -3.54. The lowest BCUT2D eigenvalue weighted by Crippen LogP contribution is -2.06. The normalized spacial score (nSPS) is 11.6. The maximum atomic E-state index is 13.0. The fourth-order valence-corrected chi connectivity index (χ4v) is 3.02. The number of para-hydroxylation sites is 3. The first-order chi connectivity index (χ1) is 12.2. The number of rotatable bonds is 1. The van der Waals surface area contributed by atoms with Crippen molar-refractivity contribution < 1.29 is 4.42 Å². The van der Waals surface area contributed by atoms with Gasteiger partial charge in [-0.2, -0.15) is 9.78 Å². The molecule has 0 N–H and O–H groups in total. The molecular formula is C19H12N4O2. The maximum absolute atomic E-state index is 13.0. The van der Waals surface area contributed by atoms with E-state index in [0.717, 1.165) is 5.69 Å². The summed E-state index contributed by atoms with van der Waals surface area (Å²) in [5, 5.41) is 4.91. The fourth-order valence-electron chi connectivity index (χ4n) is 3.02. The lowest BCUT2D eigenvalue weighted by molar-refractivity contribution is 0.609. The van der Waals surface area contributed by atoms with Gasteiger partial charge in [-0.05, 0) is 31.2 Å². The molecule has 120 valence electrons. The van der Waals surface area contributed by atoms with Crippen molar-refractivity contribution in [3.8, 4) is 5.69 Å². The van der Waals surface area contributed by atoms with Crippen LogP contribution in [0, 0.1) is 6.92 Å². The molecule has 5 rings (SSSR count). The van der Waals surface area contributed by atoms with E-state index in [9.17, 15) is 4.79 Å². The van der Waals surface area contributed by atoms with Crippen LogP contribution in [0.5, 0.6) is 0 Å². The van der Waals surface area contributed by atoms with Gasteiger partial charge in [0.2, 0.25) is 11.1 Å². The maximum Gasteiger partial charge on any atom is 0.252 e. The van der Waals surface area contributed by atoms with E-state index in [2.05, 4.69) is 15.1 Å². The van der Waals surface area contributed by atoms with Gasteiger partial charge in [0.25, 0.3) is 5.71 Å². The fraction of sp³-hybridized carbons (Fsp3) is 0.0526. The smallest absolute Gasteiger partial charge is 0.252 e. The van der Waals surface area contributed by atoms with Crippen molar-refractivity contribution in [2.45, 2.75) is 6.92 Å². The number of benzene rings is 2. The third-order valence-electron chi connectivity index (χ3n) is 4.19. The van der Waals surface area contributed by atoms with Crippen molar-refractivity contribution in [1.29, 1.82) is 0 Å². The molecule has 0 fully saturated rings. The molecule has 6 nitrogen and oxygen atoms in total. The van der Waals surface area contributed by atoms with Gasteiger partial charge >= 0.3 is 0 Å². The molecule has 0 aliphatic rings. The second-order valence-corrected chi connectivity index (χ2v) is 5.81. The minimum Gasteiger partial charge on any atom is -0.417 e. The summed E-state index contributed by atoms with van der Waals surface area (Å²) in [5.41, 5.74) is 3.37. The summed E-state index contributed by atoms with van der Waals surface area (Å²) in [6.45, 7) is 1.79. The molecule has 0 atom stereocenters. The molecule has 0 saturated carbocycles. The molecular weight excluding hydrogens is 316 g/mol. The Morgan fingerprint density at radius 2 is 1.60 bits per heavy atom. The monoisotopic (exact) mass is 328 g/mol. The molecule has 0 spiro atoms. The number of hydrogen-bond donors (Lipinski definition) is 0. The van der Waals surface area contributed by atoms with Crippen LogP contribution in [0.2, 0.25) is 0 Å². The summed E-state index contributed by atoms with van der Waals surface area (Å²) in [6, 6.07) is 16.9. The van der Waals surface area contributed by atoms with E-state index in [1.165, 1.54) is 0 Å². The van der Waals surface area contributed by atoms with Crippen LogP contribution in [0.3, 0.4) is 0 Å². The summed E-state index contributed by atoms with van der Waals surface area (Å²) in [5.74, 6) is 0. The van der Waals surface area contributed by atoms with E-state index in [-0.39, 0.29) is 16.7 Å². The van der Waals surface area contributed by atoms with Gasteiger partial charge in [-0.25, -0.2) is 9.97 Å². The Labute approximate surface area is 141 Å². The minimum atomic E-state index is -0.214. The van der Waals surface area contributed by atoms with E-state index in [1.807, 2.05) is 54.6 Å². The zero-order chi connectivity index (χ0) is 17.0. The van der Waals surface area contributed by atoms with Crippen LogP contribution in [0.15, 0.2) is 63.8 Å². The highest BCUT2D eigenvalue weighted by molar-refractivity contribution is 5.90. The van der Waals surface area contributed by atoms with E-state index in [0.29, 0.717) is 27.8 Å². The van der Waals surface area contributed by atoms with E-state index >= 15 is 0 Å². The summed E-state index contributed by atoms with van der Waals surface area (Å²) < 4.78 is 7.60. The van der Waals surface area contributed by atoms with Crippen LogP contribution in [0.25, 0.3) is 39.1 Å². The molecule has 0 bridgehead atoms. The average Bonchev–Trinajstić information content (AvgIpc) is 2.98. The van der Waals surface area contributed by atoms with E-state index in [1.54, 1.807) is 11.6 Å². The highest BCUT2D eigenvalue weighted by atomic mass is 16.4. The Kier molecular flexibility index (Phi) is 2.76. The van der Waals surface area contributed by atoms with Gasteiger partial charge < -0.3 is 4.42 Å². The minimum absolute atomic E-state index is 0.214. The molecule has 0 amide bonds. The third kappa shape index (κ3) is 1.97. The number of nitrogens with zero attached hydrogens (tertiary/aromatic N) is 4. The molecule has 0 aliphatic heterocycles. The van der Waals surface area contributed by atoms with Crippen molar-refractivity contribution >= 4 is 33.4 Å². The van der Waals surface area contributed by atoms with Crippen LogP contribution in [0.1, 0.15) is 5.69 Å². The van der Waals surface area contributed by atoms with Crippen molar-refractivity contribution in [2.24, 2.45) is 0 Å². The largest absolute Gasteiger partial charge is 0.417 e. The second-order valence-electron chi connectivity index (χ2n) is 5.81. The predicted octanol–water partition coefficient (Wildman–Crippen LogP) is 3.38. The van der Waals surface area contributed by atoms with Crippen molar-refractivity contribution in [3.63, 3.8) is 0 Å². The SMILES string of the molecule is Cc1nn(-c2ccccc2)c2oc3nc4ccccc4nc3c(=O)c12. The molecule has 3 aromatic heterocycles. The first-order valence-electron chi connectivity index (χ1n) is 7.87. The van der Waals surface area contributed by atoms with Gasteiger partial charge in [0, 0.05) is 0 Å². The lowest BCUT2D eigenvalue weighted by Gasteiger charge is -2.03. The molecule has 0 radical (unpaired) electrons. The number of fused-ring (bicyclic) bond motifs is 3. The van der Waals surface area contributed by atoms with Crippen molar-refractivity contribution in [1.82, 2.24) is 19.7 Å². The van der Waals surface area contributed by atoms with E-state index in [4.69, 9.17) is 4.42 Å². The average molecular weight is 328 g/mol. The molecule has 0 unspecified atom stereocenters. The van der Waals surface area contributed by atoms with Crippen LogP contribution in [-0.2, 0) is 0 Å². The molecule has 6 heteroatoms. The molecule has 5 aromatic rings. The highest BCUT2D eigenvalue weighted by Gasteiger charge is 2.19. The summed E-state index contributed by atoms with van der Waals surface area (Å²) in [7, 11) is 0. The van der Waals surface area contributed by atoms with Gasteiger partial charge in [-0.15, -0.1) is 0 Å². The number of aryl methyl sites for hydroxylation is 1. The highest BCUT2D eigenvalue weighted by Crippen LogP contribution is 2.23. The third-order valence-corrected chi connectivity index (χ3v) is 4.19. The molecule has 3 heterocycles. The molecule has 25 heavy (non-hydrogen) atoms. The summed E-state index contributed by atoms with van der Waals surface area (Å²) >= 11 is 0. The first-order valence-corrected chi connectivity index (χ1v) is 7.87. The molecule has 0 saturated heterocycles. The van der Waals surface area contributed by atoms with Crippen molar-refractivity contribution in [3.05, 3.63) is 70.5 Å². The zero-order valence-electron chi connectivity index (χ0n) is 13.3. The number of hydrogen-bond acceptors (Lipinski definition) is 5. The van der Waals surface area contributed by atoms with Gasteiger partial charge in [0.05, 0.1) is 22.4 Å².